The van der Waals surface area contributed by atoms with Crippen LogP contribution in [0.2, 0.25) is 0 Å². The van der Waals surface area contributed by atoms with E-state index in [0.717, 1.165) is 6.42 Å². The summed E-state index contributed by atoms with van der Waals surface area (Å²) in [6, 6.07) is -1.01. The van der Waals surface area contributed by atoms with Gasteiger partial charge in [-0.1, -0.05) is 0 Å². The van der Waals surface area contributed by atoms with Crippen LogP contribution in [0.15, 0.2) is 0 Å². The number of nitrogens with one attached hydrogen (secondary N) is 3. The van der Waals surface area contributed by atoms with Gasteiger partial charge in [-0.05, 0) is 32.6 Å². The standard InChI is InChI=1S/C13H26N6O2.2ClH/c1-2-17-11(20)10-6-4-8-19(10)12(21)9(14)5-3-7-18-13(15)16;;/h9-10H,2-8,14H2,1H3,(H,17,20)(H4,15,16,18);2*1H/t9-,10-;;/m0../s1. The number of halogens is 2. The van der Waals surface area contributed by atoms with Crippen LogP contribution in [0.5, 0.6) is 0 Å². The lowest BCUT2D eigenvalue weighted by atomic mass is 10.1. The fourth-order valence-electron chi connectivity index (χ4n) is 2.48. The van der Waals surface area contributed by atoms with Crippen molar-refractivity contribution in [3.63, 3.8) is 0 Å². The van der Waals surface area contributed by atoms with Gasteiger partial charge in [0.15, 0.2) is 5.96 Å². The van der Waals surface area contributed by atoms with Crippen molar-refractivity contribution in [1.82, 2.24) is 15.5 Å². The molecule has 8 nitrogen and oxygen atoms in total. The molecule has 0 aliphatic carbocycles. The minimum atomic E-state index is -0.617. The van der Waals surface area contributed by atoms with E-state index in [9.17, 15) is 9.59 Å². The fourth-order valence-corrected chi connectivity index (χ4v) is 2.48. The molecule has 0 aromatic rings. The monoisotopic (exact) mass is 370 g/mol. The van der Waals surface area contributed by atoms with E-state index in [0.29, 0.717) is 38.9 Å². The first-order valence-corrected chi connectivity index (χ1v) is 7.39. The van der Waals surface area contributed by atoms with Crippen molar-refractivity contribution in [2.45, 2.75) is 44.7 Å². The summed E-state index contributed by atoms with van der Waals surface area (Å²) in [5, 5.41) is 12.5. The normalized spacial score (nSPS) is 17.5. The van der Waals surface area contributed by atoms with Crippen LogP contribution in [0.4, 0.5) is 0 Å². The summed E-state index contributed by atoms with van der Waals surface area (Å²) in [5.74, 6) is -0.369. The summed E-state index contributed by atoms with van der Waals surface area (Å²) in [4.78, 5) is 25.8. The molecule has 2 atom stereocenters. The highest BCUT2D eigenvalue weighted by Crippen LogP contribution is 2.19. The first kappa shape index (κ1) is 24.0. The summed E-state index contributed by atoms with van der Waals surface area (Å²) in [6.45, 7) is 3.50. The SMILES string of the molecule is CCNC(=O)[C@@H]1CCCN1C(=O)[C@@H](N)CCCNC(=N)N.Cl.Cl. The van der Waals surface area contributed by atoms with Crippen molar-refractivity contribution < 1.29 is 9.59 Å². The van der Waals surface area contributed by atoms with E-state index in [4.69, 9.17) is 16.9 Å². The van der Waals surface area contributed by atoms with Crippen molar-refractivity contribution in [3.8, 4) is 0 Å². The zero-order chi connectivity index (χ0) is 15.8. The molecule has 0 aromatic carbocycles. The third-order valence-electron chi connectivity index (χ3n) is 3.51. The lowest BCUT2D eigenvalue weighted by Crippen LogP contribution is -2.51. The van der Waals surface area contributed by atoms with Crippen molar-refractivity contribution in [2.75, 3.05) is 19.6 Å². The first-order chi connectivity index (χ1) is 9.97. The van der Waals surface area contributed by atoms with Gasteiger partial charge in [0.1, 0.15) is 6.04 Å². The molecule has 1 saturated heterocycles. The highest BCUT2D eigenvalue weighted by Gasteiger charge is 2.35. The Morgan fingerprint density at radius 1 is 1.35 bits per heavy atom. The Morgan fingerprint density at radius 3 is 2.57 bits per heavy atom. The Morgan fingerprint density at radius 2 is 2.00 bits per heavy atom. The predicted molar refractivity (Wildman–Crippen MR) is 95.0 cm³/mol. The number of guanidine groups is 1. The van der Waals surface area contributed by atoms with Gasteiger partial charge in [0.25, 0.3) is 0 Å². The van der Waals surface area contributed by atoms with Gasteiger partial charge in [-0.3, -0.25) is 15.0 Å². The summed E-state index contributed by atoms with van der Waals surface area (Å²) in [7, 11) is 0. The van der Waals surface area contributed by atoms with E-state index in [1.54, 1.807) is 4.90 Å². The van der Waals surface area contributed by atoms with Gasteiger partial charge in [-0.15, -0.1) is 24.8 Å². The molecule has 136 valence electrons. The second-order valence-corrected chi connectivity index (χ2v) is 5.17. The van der Waals surface area contributed by atoms with Gasteiger partial charge in [0.2, 0.25) is 11.8 Å². The minimum absolute atomic E-state index is 0. The topological polar surface area (TPSA) is 137 Å². The molecule has 1 aliphatic rings. The van der Waals surface area contributed by atoms with Gasteiger partial charge in [0, 0.05) is 19.6 Å². The molecule has 0 spiro atoms. The Hall–Kier alpha value is -1.25. The number of amides is 2. The molecule has 7 N–H and O–H groups in total. The average Bonchev–Trinajstić information content (AvgIpc) is 2.91. The van der Waals surface area contributed by atoms with E-state index in [1.165, 1.54) is 0 Å². The van der Waals surface area contributed by atoms with E-state index in [-0.39, 0.29) is 48.6 Å². The van der Waals surface area contributed by atoms with Crippen LogP contribution in [-0.2, 0) is 9.59 Å². The van der Waals surface area contributed by atoms with Gasteiger partial charge >= 0.3 is 0 Å². The van der Waals surface area contributed by atoms with Crippen molar-refractivity contribution in [3.05, 3.63) is 0 Å². The fraction of sp³-hybridized carbons (Fsp3) is 0.769. The third kappa shape index (κ3) is 7.71. The largest absolute Gasteiger partial charge is 0.370 e. The van der Waals surface area contributed by atoms with Crippen LogP contribution in [-0.4, -0.2) is 54.4 Å². The van der Waals surface area contributed by atoms with E-state index in [2.05, 4.69) is 10.6 Å². The molecule has 1 fully saturated rings. The van der Waals surface area contributed by atoms with Gasteiger partial charge in [0.05, 0.1) is 6.04 Å². The van der Waals surface area contributed by atoms with Crippen LogP contribution in [0.25, 0.3) is 0 Å². The van der Waals surface area contributed by atoms with E-state index >= 15 is 0 Å². The van der Waals surface area contributed by atoms with Gasteiger partial charge in [-0.25, -0.2) is 0 Å². The van der Waals surface area contributed by atoms with E-state index < -0.39 is 6.04 Å². The minimum Gasteiger partial charge on any atom is -0.370 e. The molecule has 2 amide bonds. The lowest BCUT2D eigenvalue weighted by Gasteiger charge is -2.26. The Kier molecular flexibility index (Phi) is 12.7. The molecule has 1 heterocycles. The summed E-state index contributed by atoms with van der Waals surface area (Å²) in [5.41, 5.74) is 11.1. The maximum absolute atomic E-state index is 12.3. The van der Waals surface area contributed by atoms with Crippen LogP contribution >= 0.6 is 24.8 Å². The third-order valence-corrected chi connectivity index (χ3v) is 3.51. The maximum atomic E-state index is 12.3. The summed E-state index contributed by atoms with van der Waals surface area (Å²) >= 11 is 0. The predicted octanol–water partition coefficient (Wildman–Crippen LogP) is -0.452. The van der Waals surface area contributed by atoms with Gasteiger partial charge < -0.3 is 27.0 Å². The number of nitrogens with zero attached hydrogens (tertiary/aromatic N) is 1. The molecule has 1 aliphatic heterocycles. The lowest BCUT2D eigenvalue weighted by molar-refractivity contribution is -0.139. The first-order valence-electron chi connectivity index (χ1n) is 7.39. The maximum Gasteiger partial charge on any atom is 0.242 e. The molecular formula is C13H28Cl2N6O2. The molecular weight excluding hydrogens is 343 g/mol. The number of likely N-dealkylation sites (tertiary alicyclic amines) is 1. The highest BCUT2D eigenvalue weighted by molar-refractivity contribution is 5.90. The van der Waals surface area contributed by atoms with E-state index in [1.807, 2.05) is 6.92 Å². The number of likely N-dealkylation sites (N-methyl/N-ethyl adjacent to an activating group) is 1. The molecule has 1 rings (SSSR count). The average molecular weight is 371 g/mol. The Balaban J connectivity index is 0. The number of carbonyl (C=O) groups is 2. The number of carbonyl (C=O) groups excluding carboxylic acids is 2. The Labute approximate surface area is 149 Å². The van der Waals surface area contributed by atoms with Crippen LogP contribution in [0, 0.1) is 5.41 Å². The highest BCUT2D eigenvalue weighted by atomic mass is 35.5. The number of hydrogen-bond acceptors (Lipinski definition) is 4. The quantitative estimate of drug-likeness (QED) is 0.234. The van der Waals surface area contributed by atoms with Crippen LogP contribution in [0.1, 0.15) is 32.6 Å². The van der Waals surface area contributed by atoms with Crippen LogP contribution < -0.4 is 22.1 Å². The number of rotatable bonds is 7. The molecule has 0 radical (unpaired) electrons. The summed E-state index contributed by atoms with van der Waals surface area (Å²) in [6.07, 6.45) is 2.66. The van der Waals surface area contributed by atoms with Crippen molar-refractivity contribution in [1.29, 1.82) is 5.41 Å². The molecule has 10 heteroatoms. The molecule has 0 saturated carbocycles. The Bertz CT molecular complexity index is 397. The molecule has 0 bridgehead atoms. The van der Waals surface area contributed by atoms with Crippen molar-refractivity contribution >= 4 is 42.6 Å². The molecule has 0 unspecified atom stereocenters. The van der Waals surface area contributed by atoms with Crippen molar-refractivity contribution in [2.24, 2.45) is 11.5 Å². The van der Waals surface area contributed by atoms with Gasteiger partial charge in [-0.2, -0.15) is 0 Å². The second kappa shape index (κ2) is 12.2. The zero-order valence-corrected chi connectivity index (χ0v) is 15.0. The zero-order valence-electron chi connectivity index (χ0n) is 13.3. The summed E-state index contributed by atoms with van der Waals surface area (Å²) < 4.78 is 0. The number of nitrogens with two attached hydrogens (primary N) is 2. The molecule has 0 aromatic heterocycles. The second-order valence-electron chi connectivity index (χ2n) is 5.17. The molecule has 23 heavy (non-hydrogen) atoms. The smallest absolute Gasteiger partial charge is 0.242 e. The van der Waals surface area contributed by atoms with Crippen LogP contribution in [0.3, 0.4) is 0 Å². The number of hydrogen-bond donors (Lipinski definition) is 5.